The fraction of sp³-hybridized carbons (Fsp3) is 0.316. The van der Waals surface area contributed by atoms with Crippen LogP contribution in [0.15, 0.2) is 41.8 Å². The Balaban J connectivity index is 1.43. The monoisotopic (exact) mass is 389 g/mol. The third kappa shape index (κ3) is 4.91. The predicted octanol–water partition coefficient (Wildman–Crippen LogP) is 1.46. The maximum absolute atomic E-state index is 13.8. The van der Waals surface area contributed by atoms with E-state index >= 15 is 0 Å². The number of rotatable bonds is 6. The molecular weight excluding hydrogens is 369 g/mol. The van der Waals surface area contributed by atoms with Gasteiger partial charge in [-0.2, -0.15) is 0 Å². The van der Waals surface area contributed by atoms with Crippen molar-refractivity contribution in [3.63, 3.8) is 0 Å². The minimum Gasteiger partial charge on any atom is -0.366 e. The minimum atomic E-state index is -0.748. The van der Waals surface area contributed by atoms with Crippen molar-refractivity contribution in [2.24, 2.45) is 0 Å². The molecule has 1 N–H and O–H groups in total. The van der Waals surface area contributed by atoms with Crippen LogP contribution in [0.3, 0.4) is 0 Å². The fourth-order valence-electron chi connectivity index (χ4n) is 2.92. The highest BCUT2D eigenvalue weighted by atomic mass is 32.1. The van der Waals surface area contributed by atoms with Gasteiger partial charge in [0.25, 0.3) is 5.91 Å². The molecule has 1 aliphatic rings. The molecule has 8 heteroatoms. The second-order valence-electron chi connectivity index (χ2n) is 6.18. The molecule has 0 saturated carbocycles. The van der Waals surface area contributed by atoms with E-state index in [0.717, 1.165) is 4.88 Å². The Kier molecular flexibility index (Phi) is 6.18. The van der Waals surface area contributed by atoms with Gasteiger partial charge < -0.3 is 15.1 Å². The molecule has 0 unspecified atom stereocenters. The van der Waals surface area contributed by atoms with Crippen LogP contribution < -0.4 is 10.2 Å². The van der Waals surface area contributed by atoms with E-state index in [1.807, 2.05) is 16.3 Å². The van der Waals surface area contributed by atoms with Crippen molar-refractivity contribution in [2.45, 2.75) is 6.42 Å². The number of nitrogens with one attached hydrogen (secondary N) is 1. The number of benzene rings is 1. The van der Waals surface area contributed by atoms with Crippen molar-refractivity contribution >= 4 is 34.6 Å². The highest BCUT2D eigenvalue weighted by Gasteiger charge is 2.23. The first kappa shape index (κ1) is 19.0. The SMILES string of the molecule is O=C(Cc1cccs1)C(=O)NCC(=O)N1CCN(c2ccccc2F)CC1. The summed E-state index contributed by atoms with van der Waals surface area (Å²) in [6.45, 7) is 1.68. The molecule has 0 atom stereocenters. The van der Waals surface area contributed by atoms with Gasteiger partial charge in [0, 0.05) is 31.1 Å². The number of thiophene rings is 1. The number of nitrogens with zero attached hydrogens (tertiary/aromatic N) is 2. The Morgan fingerprint density at radius 2 is 1.78 bits per heavy atom. The second kappa shape index (κ2) is 8.77. The Morgan fingerprint density at radius 1 is 1.04 bits per heavy atom. The van der Waals surface area contributed by atoms with Gasteiger partial charge in [0.05, 0.1) is 18.7 Å². The number of Topliss-reactive ketones (excluding diaryl/α,β-unsaturated/α-hetero) is 1. The molecule has 0 aliphatic carbocycles. The van der Waals surface area contributed by atoms with E-state index in [-0.39, 0.29) is 24.7 Å². The number of anilines is 1. The maximum atomic E-state index is 13.8. The van der Waals surface area contributed by atoms with Gasteiger partial charge in [-0.25, -0.2) is 4.39 Å². The lowest BCUT2D eigenvalue weighted by Crippen LogP contribution is -2.51. The molecule has 3 rings (SSSR count). The summed E-state index contributed by atoms with van der Waals surface area (Å²) in [4.78, 5) is 40.3. The zero-order chi connectivity index (χ0) is 19.2. The molecule has 0 bridgehead atoms. The molecule has 142 valence electrons. The van der Waals surface area contributed by atoms with Crippen molar-refractivity contribution in [3.05, 3.63) is 52.5 Å². The maximum Gasteiger partial charge on any atom is 0.288 e. The molecule has 2 heterocycles. The van der Waals surface area contributed by atoms with Gasteiger partial charge in [0.1, 0.15) is 5.82 Å². The third-order valence-electron chi connectivity index (χ3n) is 4.39. The highest BCUT2D eigenvalue weighted by molar-refractivity contribution is 7.10. The van der Waals surface area contributed by atoms with E-state index in [0.29, 0.717) is 31.9 Å². The molecule has 27 heavy (non-hydrogen) atoms. The zero-order valence-electron chi connectivity index (χ0n) is 14.7. The van der Waals surface area contributed by atoms with Crippen LogP contribution in [0, 0.1) is 5.82 Å². The Bertz CT molecular complexity index is 817. The molecule has 1 fully saturated rings. The van der Waals surface area contributed by atoms with Crippen molar-refractivity contribution < 1.29 is 18.8 Å². The van der Waals surface area contributed by atoms with Crippen LogP contribution in [-0.4, -0.2) is 55.2 Å². The van der Waals surface area contributed by atoms with Crippen LogP contribution in [0.2, 0.25) is 0 Å². The molecule has 2 amide bonds. The van der Waals surface area contributed by atoms with Crippen LogP contribution in [0.5, 0.6) is 0 Å². The van der Waals surface area contributed by atoms with Crippen LogP contribution in [0.1, 0.15) is 4.88 Å². The van der Waals surface area contributed by atoms with Crippen LogP contribution in [0.4, 0.5) is 10.1 Å². The normalized spacial score (nSPS) is 14.1. The summed E-state index contributed by atoms with van der Waals surface area (Å²) in [7, 11) is 0. The summed E-state index contributed by atoms with van der Waals surface area (Å²) in [6, 6.07) is 10.1. The lowest BCUT2D eigenvalue weighted by molar-refractivity contribution is -0.139. The number of hydrogen-bond acceptors (Lipinski definition) is 5. The second-order valence-corrected chi connectivity index (χ2v) is 7.21. The fourth-order valence-corrected chi connectivity index (χ4v) is 3.63. The summed E-state index contributed by atoms with van der Waals surface area (Å²) in [5, 5.41) is 4.23. The van der Waals surface area contributed by atoms with Crippen molar-refractivity contribution in [3.8, 4) is 0 Å². The van der Waals surface area contributed by atoms with Crippen LogP contribution in [0.25, 0.3) is 0 Å². The standard InChI is InChI=1S/C19H20FN3O3S/c20-15-5-1-2-6-16(15)22-7-9-23(10-8-22)18(25)13-21-19(26)17(24)12-14-4-3-11-27-14/h1-6,11H,7-10,12-13H2,(H,21,26). The van der Waals surface area contributed by atoms with Gasteiger partial charge in [-0.05, 0) is 23.6 Å². The number of ketones is 1. The van der Waals surface area contributed by atoms with Crippen LogP contribution >= 0.6 is 11.3 Å². The Morgan fingerprint density at radius 3 is 2.44 bits per heavy atom. The van der Waals surface area contributed by atoms with E-state index < -0.39 is 11.7 Å². The molecule has 6 nitrogen and oxygen atoms in total. The van der Waals surface area contributed by atoms with Crippen LogP contribution in [-0.2, 0) is 20.8 Å². The number of piperazine rings is 1. The smallest absolute Gasteiger partial charge is 0.288 e. The summed E-state index contributed by atoms with van der Waals surface area (Å²) in [5.74, 6) is -1.84. The Hall–Kier alpha value is -2.74. The summed E-state index contributed by atoms with van der Waals surface area (Å²) in [5.41, 5.74) is 0.525. The Labute approximate surface area is 160 Å². The molecule has 1 aromatic carbocycles. The number of hydrogen-bond donors (Lipinski definition) is 1. The lowest BCUT2D eigenvalue weighted by atomic mass is 10.2. The first-order chi connectivity index (χ1) is 13.0. The number of carbonyl (C=O) groups is 3. The molecule has 0 radical (unpaired) electrons. The molecule has 1 saturated heterocycles. The van der Waals surface area contributed by atoms with Crippen molar-refractivity contribution in [1.82, 2.24) is 10.2 Å². The molecular formula is C19H20FN3O3S. The van der Waals surface area contributed by atoms with Gasteiger partial charge in [0.2, 0.25) is 11.7 Å². The highest BCUT2D eigenvalue weighted by Crippen LogP contribution is 2.20. The van der Waals surface area contributed by atoms with E-state index in [9.17, 15) is 18.8 Å². The largest absolute Gasteiger partial charge is 0.366 e. The number of carbonyl (C=O) groups excluding carboxylic acids is 3. The van der Waals surface area contributed by atoms with E-state index in [2.05, 4.69) is 5.32 Å². The first-order valence-corrected chi connectivity index (χ1v) is 9.53. The number of para-hydroxylation sites is 1. The topological polar surface area (TPSA) is 69.7 Å². The first-order valence-electron chi connectivity index (χ1n) is 8.65. The molecule has 2 aromatic rings. The van der Waals surface area contributed by atoms with Gasteiger partial charge in [-0.3, -0.25) is 14.4 Å². The van der Waals surface area contributed by atoms with Crippen molar-refractivity contribution in [1.29, 1.82) is 0 Å². The predicted molar refractivity (Wildman–Crippen MR) is 101 cm³/mol. The van der Waals surface area contributed by atoms with Gasteiger partial charge in [-0.15, -0.1) is 11.3 Å². The minimum absolute atomic E-state index is 0.0407. The third-order valence-corrected chi connectivity index (χ3v) is 5.27. The molecule has 1 aliphatic heterocycles. The average molecular weight is 389 g/mol. The summed E-state index contributed by atoms with van der Waals surface area (Å²) < 4.78 is 13.8. The van der Waals surface area contributed by atoms with Crippen molar-refractivity contribution in [2.75, 3.05) is 37.6 Å². The average Bonchev–Trinajstić information content (AvgIpc) is 3.19. The van der Waals surface area contributed by atoms with E-state index in [1.165, 1.54) is 17.4 Å². The molecule has 1 aromatic heterocycles. The number of amides is 2. The summed E-state index contributed by atoms with van der Waals surface area (Å²) >= 11 is 1.41. The zero-order valence-corrected chi connectivity index (χ0v) is 15.5. The number of halogens is 1. The van der Waals surface area contributed by atoms with E-state index in [1.54, 1.807) is 29.2 Å². The van der Waals surface area contributed by atoms with Gasteiger partial charge in [0.15, 0.2) is 0 Å². The van der Waals surface area contributed by atoms with E-state index in [4.69, 9.17) is 0 Å². The molecule has 0 spiro atoms. The summed E-state index contributed by atoms with van der Waals surface area (Å²) in [6.07, 6.45) is 0.0407. The quantitative estimate of drug-likeness (QED) is 0.760. The van der Waals surface area contributed by atoms with Gasteiger partial charge >= 0.3 is 0 Å². The lowest BCUT2D eigenvalue weighted by Gasteiger charge is -2.36. The van der Waals surface area contributed by atoms with Gasteiger partial charge in [-0.1, -0.05) is 18.2 Å².